The predicted octanol–water partition coefficient (Wildman–Crippen LogP) is 3.34. The van der Waals surface area contributed by atoms with E-state index >= 15 is 0 Å². The highest BCUT2D eigenvalue weighted by Crippen LogP contribution is 2.26. The molecule has 1 aromatic rings. The van der Waals surface area contributed by atoms with Crippen molar-refractivity contribution in [1.29, 1.82) is 0 Å². The van der Waals surface area contributed by atoms with E-state index in [0.29, 0.717) is 25.1 Å². The fraction of sp³-hybridized carbons (Fsp3) is 0.533. The Balaban J connectivity index is 2.32. The number of nitrogens with one attached hydrogen (secondary N) is 1. The van der Waals surface area contributed by atoms with Gasteiger partial charge < -0.3 is 10.4 Å². The summed E-state index contributed by atoms with van der Waals surface area (Å²) < 4.78 is 26.0. The van der Waals surface area contributed by atoms with Crippen LogP contribution in [0, 0.1) is 17.0 Å². The Kier molecular flexibility index (Phi) is 6.07. The molecule has 0 heterocycles. The van der Waals surface area contributed by atoms with E-state index in [-0.39, 0.29) is 11.8 Å². The van der Waals surface area contributed by atoms with Crippen molar-refractivity contribution in [2.45, 2.75) is 39.7 Å². The molecule has 0 fully saturated rings. The largest absolute Gasteiger partial charge is 0.481 e. The molecule has 0 amide bonds. The molecule has 5 heteroatoms. The average Bonchev–Trinajstić information content (AvgIpc) is 2.31. The lowest BCUT2D eigenvalue weighted by atomic mass is 9.84. The van der Waals surface area contributed by atoms with E-state index < -0.39 is 17.6 Å². The molecule has 0 atom stereocenters. The third kappa shape index (κ3) is 6.61. The van der Waals surface area contributed by atoms with Crippen LogP contribution >= 0.6 is 0 Å². The van der Waals surface area contributed by atoms with Gasteiger partial charge in [-0.1, -0.05) is 13.8 Å². The smallest absolute Gasteiger partial charge is 0.303 e. The van der Waals surface area contributed by atoms with Crippen molar-refractivity contribution in [1.82, 2.24) is 5.32 Å². The Morgan fingerprint density at radius 2 is 1.80 bits per heavy atom. The molecule has 0 aromatic heterocycles. The summed E-state index contributed by atoms with van der Waals surface area (Å²) in [5.74, 6) is -1.95. The van der Waals surface area contributed by atoms with Crippen LogP contribution in [0.25, 0.3) is 0 Å². The van der Waals surface area contributed by atoms with Crippen LogP contribution in [0.5, 0.6) is 0 Å². The molecule has 112 valence electrons. The Hall–Kier alpha value is -1.49. The zero-order chi connectivity index (χ0) is 15.2. The zero-order valence-electron chi connectivity index (χ0n) is 11.9. The molecule has 0 saturated carbocycles. The normalized spacial score (nSPS) is 11.6. The van der Waals surface area contributed by atoms with E-state index in [4.69, 9.17) is 5.11 Å². The van der Waals surface area contributed by atoms with Crippen LogP contribution in [0.15, 0.2) is 18.2 Å². The molecule has 3 nitrogen and oxygen atoms in total. The van der Waals surface area contributed by atoms with Gasteiger partial charge in [0.2, 0.25) is 0 Å². The summed E-state index contributed by atoms with van der Waals surface area (Å²) >= 11 is 0. The third-order valence-corrected chi connectivity index (χ3v) is 3.25. The van der Waals surface area contributed by atoms with Gasteiger partial charge in [-0.25, -0.2) is 8.78 Å². The van der Waals surface area contributed by atoms with E-state index in [0.717, 1.165) is 12.5 Å². The number of hydrogen-bond acceptors (Lipinski definition) is 2. The van der Waals surface area contributed by atoms with Gasteiger partial charge in [0.25, 0.3) is 0 Å². The number of aliphatic carboxylic acids is 1. The molecule has 0 aliphatic heterocycles. The van der Waals surface area contributed by atoms with E-state index in [1.807, 2.05) is 13.8 Å². The van der Waals surface area contributed by atoms with Crippen LogP contribution < -0.4 is 5.32 Å². The fourth-order valence-electron chi connectivity index (χ4n) is 1.94. The number of carboxylic acids is 1. The number of halogens is 2. The summed E-state index contributed by atoms with van der Waals surface area (Å²) in [6.07, 6.45) is 1.57. The van der Waals surface area contributed by atoms with Gasteiger partial charge in [-0.2, -0.15) is 0 Å². The van der Waals surface area contributed by atoms with Crippen molar-refractivity contribution in [3.63, 3.8) is 0 Å². The minimum Gasteiger partial charge on any atom is -0.481 e. The van der Waals surface area contributed by atoms with Crippen LogP contribution in [0.3, 0.4) is 0 Å². The third-order valence-electron chi connectivity index (χ3n) is 3.25. The maximum Gasteiger partial charge on any atom is 0.303 e. The van der Waals surface area contributed by atoms with Crippen molar-refractivity contribution in [3.8, 4) is 0 Å². The summed E-state index contributed by atoms with van der Waals surface area (Å²) in [6.45, 7) is 5.09. The zero-order valence-corrected chi connectivity index (χ0v) is 11.9. The van der Waals surface area contributed by atoms with Crippen molar-refractivity contribution in [3.05, 3.63) is 35.4 Å². The van der Waals surface area contributed by atoms with Gasteiger partial charge in [-0.05, 0) is 42.5 Å². The van der Waals surface area contributed by atoms with Crippen LogP contribution in [0.1, 0.15) is 38.7 Å². The molecule has 20 heavy (non-hydrogen) atoms. The molecule has 0 bridgehead atoms. The standard InChI is InChI=1S/C15H21F2NO2/c1-15(2,4-3-14(19)20)5-6-18-10-11-7-12(16)9-13(17)8-11/h7-9,18H,3-6,10H2,1-2H3,(H,19,20). The Bertz CT molecular complexity index is 441. The predicted molar refractivity (Wildman–Crippen MR) is 73.3 cm³/mol. The van der Waals surface area contributed by atoms with Crippen LogP contribution in [-0.4, -0.2) is 17.6 Å². The maximum atomic E-state index is 13.0. The summed E-state index contributed by atoms with van der Waals surface area (Å²) in [7, 11) is 0. The van der Waals surface area contributed by atoms with Crippen LogP contribution in [0.4, 0.5) is 8.78 Å². The van der Waals surface area contributed by atoms with E-state index in [1.54, 1.807) is 0 Å². The molecule has 0 aliphatic rings. The SMILES string of the molecule is CC(C)(CCNCc1cc(F)cc(F)c1)CCC(=O)O. The minimum atomic E-state index is -0.790. The summed E-state index contributed by atoms with van der Waals surface area (Å²) in [4.78, 5) is 10.5. The first-order chi connectivity index (χ1) is 9.28. The van der Waals surface area contributed by atoms with E-state index in [9.17, 15) is 13.6 Å². The van der Waals surface area contributed by atoms with Crippen molar-refractivity contribution in [2.75, 3.05) is 6.54 Å². The van der Waals surface area contributed by atoms with Gasteiger partial charge in [0.15, 0.2) is 0 Å². The highest BCUT2D eigenvalue weighted by atomic mass is 19.1. The molecular weight excluding hydrogens is 264 g/mol. The topological polar surface area (TPSA) is 49.3 Å². The lowest BCUT2D eigenvalue weighted by molar-refractivity contribution is -0.137. The van der Waals surface area contributed by atoms with Crippen molar-refractivity contribution >= 4 is 5.97 Å². The first-order valence-electron chi connectivity index (χ1n) is 6.66. The first kappa shape index (κ1) is 16.6. The molecule has 1 rings (SSSR count). The van der Waals surface area contributed by atoms with Crippen molar-refractivity contribution < 1.29 is 18.7 Å². The Morgan fingerprint density at radius 1 is 1.20 bits per heavy atom. The Morgan fingerprint density at radius 3 is 2.35 bits per heavy atom. The van der Waals surface area contributed by atoms with E-state index in [2.05, 4.69) is 5.32 Å². The number of rotatable bonds is 8. The van der Waals surface area contributed by atoms with Gasteiger partial charge in [0, 0.05) is 19.0 Å². The van der Waals surface area contributed by atoms with Gasteiger partial charge in [-0.15, -0.1) is 0 Å². The molecule has 0 radical (unpaired) electrons. The lowest BCUT2D eigenvalue weighted by Gasteiger charge is -2.23. The van der Waals surface area contributed by atoms with Crippen LogP contribution in [-0.2, 0) is 11.3 Å². The monoisotopic (exact) mass is 285 g/mol. The van der Waals surface area contributed by atoms with Crippen LogP contribution in [0.2, 0.25) is 0 Å². The molecule has 0 saturated heterocycles. The second kappa shape index (κ2) is 7.33. The first-order valence-corrected chi connectivity index (χ1v) is 6.66. The number of hydrogen-bond donors (Lipinski definition) is 2. The van der Waals surface area contributed by atoms with Gasteiger partial charge in [0.1, 0.15) is 11.6 Å². The second-order valence-corrected chi connectivity index (χ2v) is 5.76. The lowest BCUT2D eigenvalue weighted by Crippen LogP contribution is -2.23. The maximum absolute atomic E-state index is 13.0. The molecule has 0 aliphatic carbocycles. The van der Waals surface area contributed by atoms with Gasteiger partial charge in [0.05, 0.1) is 0 Å². The number of benzene rings is 1. The molecule has 0 spiro atoms. The number of carbonyl (C=O) groups is 1. The fourth-order valence-corrected chi connectivity index (χ4v) is 1.94. The molecule has 2 N–H and O–H groups in total. The minimum absolute atomic E-state index is 0.0709. The summed E-state index contributed by atoms with van der Waals surface area (Å²) in [5.41, 5.74) is 0.490. The molecule has 0 unspecified atom stereocenters. The van der Waals surface area contributed by atoms with Gasteiger partial charge >= 0.3 is 5.97 Å². The quantitative estimate of drug-likeness (QED) is 0.720. The molecular formula is C15H21F2NO2. The number of carboxylic acid groups (broad SMARTS) is 1. The highest BCUT2D eigenvalue weighted by molar-refractivity contribution is 5.66. The molecule has 1 aromatic carbocycles. The summed E-state index contributed by atoms with van der Waals surface area (Å²) in [5, 5.41) is 11.8. The highest BCUT2D eigenvalue weighted by Gasteiger charge is 2.18. The van der Waals surface area contributed by atoms with E-state index in [1.165, 1.54) is 12.1 Å². The summed E-state index contributed by atoms with van der Waals surface area (Å²) in [6, 6.07) is 3.44. The second-order valence-electron chi connectivity index (χ2n) is 5.76. The average molecular weight is 285 g/mol. The van der Waals surface area contributed by atoms with Crippen molar-refractivity contribution in [2.24, 2.45) is 5.41 Å². The Labute approximate surface area is 118 Å². The van der Waals surface area contributed by atoms with Gasteiger partial charge in [-0.3, -0.25) is 4.79 Å².